The van der Waals surface area contributed by atoms with Crippen molar-refractivity contribution in [1.29, 1.82) is 0 Å². The van der Waals surface area contributed by atoms with E-state index in [9.17, 15) is 18.0 Å². The van der Waals surface area contributed by atoms with Gasteiger partial charge in [0.1, 0.15) is 0 Å². The van der Waals surface area contributed by atoms with Gasteiger partial charge in [0.2, 0.25) is 5.91 Å². The van der Waals surface area contributed by atoms with Crippen molar-refractivity contribution in [3.63, 3.8) is 0 Å². The molecule has 1 aliphatic heterocycles. The van der Waals surface area contributed by atoms with Crippen LogP contribution in [0.5, 0.6) is 5.75 Å². The highest BCUT2D eigenvalue weighted by Crippen LogP contribution is 2.29. The standard InChI is InChI=1S/C15H14F3N3O2S.ClH/c1-23-12-3-2-8(4-9(12)16)11-6-24-14(20-11)21-13(22)10-5-15(17,18)7-19-10;/h2-4,6,10,19H,5,7H2,1H3,(H,20,21,22);1H. The molecule has 1 aromatic heterocycles. The van der Waals surface area contributed by atoms with Gasteiger partial charge >= 0.3 is 0 Å². The maximum absolute atomic E-state index is 13.7. The third kappa shape index (κ3) is 4.42. The molecule has 0 bridgehead atoms. The largest absolute Gasteiger partial charge is 0.494 e. The van der Waals surface area contributed by atoms with E-state index in [1.165, 1.54) is 19.2 Å². The van der Waals surface area contributed by atoms with E-state index in [4.69, 9.17) is 4.74 Å². The van der Waals surface area contributed by atoms with Crippen molar-refractivity contribution in [3.8, 4) is 17.0 Å². The summed E-state index contributed by atoms with van der Waals surface area (Å²) in [5.41, 5.74) is 0.997. The van der Waals surface area contributed by atoms with Crippen LogP contribution in [0, 0.1) is 5.82 Å². The molecule has 1 atom stereocenters. The number of nitrogens with one attached hydrogen (secondary N) is 2. The van der Waals surface area contributed by atoms with E-state index in [0.29, 0.717) is 11.3 Å². The first-order valence-electron chi connectivity index (χ1n) is 7.09. The van der Waals surface area contributed by atoms with Crippen LogP contribution in [0.1, 0.15) is 6.42 Å². The fraction of sp³-hybridized carbons (Fsp3) is 0.333. The number of rotatable bonds is 4. The molecule has 0 saturated carbocycles. The van der Waals surface area contributed by atoms with Crippen LogP contribution in [0.15, 0.2) is 23.6 Å². The monoisotopic (exact) mass is 393 g/mol. The molecule has 1 aliphatic rings. The lowest BCUT2D eigenvalue weighted by Gasteiger charge is -2.09. The highest BCUT2D eigenvalue weighted by atomic mass is 35.5. The Hall–Kier alpha value is -1.84. The number of benzene rings is 1. The van der Waals surface area contributed by atoms with Crippen LogP contribution in [-0.4, -0.2) is 36.5 Å². The van der Waals surface area contributed by atoms with Crippen molar-refractivity contribution in [3.05, 3.63) is 29.4 Å². The van der Waals surface area contributed by atoms with E-state index in [1.807, 2.05) is 0 Å². The lowest BCUT2D eigenvalue weighted by Crippen LogP contribution is -2.35. The van der Waals surface area contributed by atoms with Gasteiger partial charge in [-0.25, -0.2) is 18.2 Å². The Labute approximate surface area is 152 Å². The van der Waals surface area contributed by atoms with Gasteiger partial charge in [-0.2, -0.15) is 0 Å². The van der Waals surface area contributed by atoms with Crippen LogP contribution in [-0.2, 0) is 4.79 Å². The predicted octanol–water partition coefficient (Wildman–Crippen LogP) is 3.32. The Bertz CT molecular complexity index is 772. The molecular weight excluding hydrogens is 379 g/mol. The SMILES string of the molecule is COc1ccc(-c2csc(NC(=O)C3CC(F)(F)CN3)n2)cc1F.Cl. The first-order valence-corrected chi connectivity index (χ1v) is 7.97. The lowest BCUT2D eigenvalue weighted by atomic mass is 10.1. The minimum Gasteiger partial charge on any atom is -0.494 e. The van der Waals surface area contributed by atoms with Crippen molar-refractivity contribution >= 4 is 34.8 Å². The van der Waals surface area contributed by atoms with Crippen LogP contribution in [0.3, 0.4) is 0 Å². The van der Waals surface area contributed by atoms with Gasteiger partial charge < -0.3 is 10.1 Å². The Morgan fingerprint density at radius 1 is 1.48 bits per heavy atom. The molecule has 2 N–H and O–H groups in total. The maximum Gasteiger partial charge on any atom is 0.262 e. The second-order valence-electron chi connectivity index (χ2n) is 5.37. The highest BCUT2D eigenvalue weighted by Gasteiger charge is 2.42. The normalized spacial score (nSPS) is 18.5. The molecule has 1 saturated heterocycles. The summed E-state index contributed by atoms with van der Waals surface area (Å²) in [6.07, 6.45) is -0.541. The fourth-order valence-electron chi connectivity index (χ4n) is 2.38. The average Bonchev–Trinajstić information content (AvgIpc) is 3.13. The van der Waals surface area contributed by atoms with Crippen LogP contribution < -0.4 is 15.4 Å². The van der Waals surface area contributed by atoms with E-state index >= 15 is 0 Å². The molecule has 1 fully saturated rings. The van der Waals surface area contributed by atoms with Crippen LogP contribution in [0.2, 0.25) is 0 Å². The number of anilines is 1. The first-order chi connectivity index (χ1) is 11.4. The number of halogens is 4. The topological polar surface area (TPSA) is 63.2 Å². The molecule has 2 aromatic rings. The molecule has 3 rings (SSSR count). The van der Waals surface area contributed by atoms with Gasteiger partial charge in [0.25, 0.3) is 5.92 Å². The summed E-state index contributed by atoms with van der Waals surface area (Å²) in [6.45, 7) is -0.515. The van der Waals surface area contributed by atoms with Crippen molar-refractivity contribution in [2.75, 3.05) is 19.0 Å². The van der Waals surface area contributed by atoms with Gasteiger partial charge in [-0.3, -0.25) is 10.1 Å². The van der Waals surface area contributed by atoms with E-state index in [1.54, 1.807) is 11.4 Å². The number of thiazole rings is 1. The van der Waals surface area contributed by atoms with Crippen LogP contribution in [0.4, 0.5) is 18.3 Å². The van der Waals surface area contributed by atoms with E-state index in [2.05, 4.69) is 15.6 Å². The molecule has 2 heterocycles. The molecule has 0 aliphatic carbocycles. The Morgan fingerprint density at radius 3 is 2.84 bits per heavy atom. The maximum atomic E-state index is 13.7. The van der Waals surface area contributed by atoms with Crippen molar-refractivity contribution < 1.29 is 22.7 Å². The zero-order chi connectivity index (χ0) is 17.3. The predicted molar refractivity (Wildman–Crippen MR) is 91.3 cm³/mol. The van der Waals surface area contributed by atoms with Crippen molar-refractivity contribution in [1.82, 2.24) is 10.3 Å². The van der Waals surface area contributed by atoms with Gasteiger partial charge in [-0.05, 0) is 18.2 Å². The Morgan fingerprint density at radius 2 is 2.24 bits per heavy atom. The molecular formula is C15H15ClF3N3O2S. The summed E-state index contributed by atoms with van der Waals surface area (Å²) < 4.78 is 44.8. The number of amides is 1. The third-order valence-corrected chi connectivity index (χ3v) is 4.37. The second-order valence-corrected chi connectivity index (χ2v) is 6.23. The number of carbonyl (C=O) groups is 1. The number of hydrogen-bond acceptors (Lipinski definition) is 5. The number of carbonyl (C=O) groups excluding carboxylic acids is 1. The summed E-state index contributed by atoms with van der Waals surface area (Å²) in [6, 6.07) is 3.44. The Balaban J connectivity index is 0.00000225. The minimum absolute atomic E-state index is 0. The number of ether oxygens (including phenoxy) is 1. The number of nitrogens with zero attached hydrogens (tertiary/aromatic N) is 1. The van der Waals surface area contributed by atoms with E-state index in [0.717, 1.165) is 11.3 Å². The van der Waals surface area contributed by atoms with E-state index in [-0.39, 0.29) is 23.3 Å². The molecule has 5 nitrogen and oxygen atoms in total. The molecule has 0 radical (unpaired) electrons. The lowest BCUT2D eigenvalue weighted by molar-refractivity contribution is -0.118. The van der Waals surface area contributed by atoms with Crippen molar-refractivity contribution in [2.24, 2.45) is 0 Å². The van der Waals surface area contributed by atoms with Crippen LogP contribution >= 0.6 is 23.7 Å². The molecule has 1 amide bonds. The summed E-state index contributed by atoms with van der Waals surface area (Å²) in [5.74, 6) is -3.84. The van der Waals surface area contributed by atoms with Gasteiger partial charge in [0.05, 0.1) is 25.4 Å². The van der Waals surface area contributed by atoms with Crippen molar-refractivity contribution in [2.45, 2.75) is 18.4 Å². The molecule has 1 aromatic carbocycles. The summed E-state index contributed by atoms with van der Waals surface area (Å²) >= 11 is 1.14. The van der Waals surface area contributed by atoms with Crippen LogP contribution in [0.25, 0.3) is 11.3 Å². The van der Waals surface area contributed by atoms with Gasteiger partial charge in [0.15, 0.2) is 16.7 Å². The fourth-order valence-corrected chi connectivity index (χ4v) is 3.11. The highest BCUT2D eigenvalue weighted by molar-refractivity contribution is 7.14. The molecule has 25 heavy (non-hydrogen) atoms. The third-order valence-electron chi connectivity index (χ3n) is 3.61. The molecule has 10 heteroatoms. The number of hydrogen-bond donors (Lipinski definition) is 2. The minimum atomic E-state index is -2.88. The molecule has 136 valence electrons. The Kier molecular flexibility index (Phi) is 5.91. The number of alkyl halides is 2. The first kappa shape index (κ1) is 19.5. The van der Waals surface area contributed by atoms with E-state index < -0.39 is 36.7 Å². The molecule has 1 unspecified atom stereocenters. The summed E-state index contributed by atoms with van der Waals surface area (Å²) in [4.78, 5) is 16.2. The summed E-state index contributed by atoms with van der Waals surface area (Å²) in [7, 11) is 1.37. The smallest absolute Gasteiger partial charge is 0.262 e. The molecule has 0 spiro atoms. The van der Waals surface area contributed by atoms with Gasteiger partial charge in [0, 0.05) is 17.4 Å². The second kappa shape index (κ2) is 7.59. The van der Waals surface area contributed by atoms with Gasteiger partial charge in [-0.1, -0.05) is 0 Å². The quantitative estimate of drug-likeness (QED) is 0.836. The average molecular weight is 394 g/mol. The number of methoxy groups -OCH3 is 1. The van der Waals surface area contributed by atoms with Gasteiger partial charge in [-0.15, -0.1) is 23.7 Å². The zero-order valence-electron chi connectivity index (χ0n) is 13.0. The zero-order valence-corrected chi connectivity index (χ0v) is 14.6. The summed E-state index contributed by atoms with van der Waals surface area (Å²) in [5, 5.41) is 6.89. The number of aromatic nitrogens is 1.